The van der Waals surface area contributed by atoms with Crippen molar-refractivity contribution >= 4 is 11.3 Å². The first kappa shape index (κ1) is 12.3. The van der Waals surface area contributed by atoms with E-state index in [-0.39, 0.29) is 0 Å². The van der Waals surface area contributed by atoms with E-state index in [4.69, 9.17) is 0 Å². The highest BCUT2D eigenvalue weighted by molar-refractivity contribution is 7.07. The summed E-state index contributed by atoms with van der Waals surface area (Å²) in [4.78, 5) is 4.15. The van der Waals surface area contributed by atoms with Crippen LogP contribution >= 0.6 is 11.3 Å². The summed E-state index contributed by atoms with van der Waals surface area (Å²) < 4.78 is 0. The Morgan fingerprint density at radius 2 is 2.24 bits per heavy atom. The Morgan fingerprint density at radius 3 is 2.88 bits per heavy atom. The van der Waals surface area contributed by atoms with Gasteiger partial charge in [0.1, 0.15) is 0 Å². The second kappa shape index (κ2) is 5.94. The third-order valence-corrected chi connectivity index (χ3v) is 3.57. The predicted molar refractivity (Wildman–Crippen MR) is 73.3 cm³/mol. The van der Waals surface area contributed by atoms with Gasteiger partial charge in [-0.2, -0.15) is 11.3 Å². The van der Waals surface area contributed by atoms with Gasteiger partial charge in [-0.15, -0.1) is 0 Å². The molecule has 0 amide bonds. The standard InChI is InChI=1S/C14H18N2S/c1-11(8-13-5-7-17-10-13)16-12(2)14-4-3-6-15-9-14/h3-7,9-12,16H,8H2,1-2H3. The number of aromatic nitrogens is 1. The van der Waals surface area contributed by atoms with Gasteiger partial charge in [0.25, 0.3) is 0 Å². The highest BCUT2D eigenvalue weighted by atomic mass is 32.1. The Morgan fingerprint density at radius 1 is 1.35 bits per heavy atom. The van der Waals surface area contributed by atoms with Gasteiger partial charge < -0.3 is 5.32 Å². The van der Waals surface area contributed by atoms with Gasteiger partial charge >= 0.3 is 0 Å². The van der Waals surface area contributed by atoms with E-state index in [1.54, 1.807) is 11.3 Å². The Hall–Kier alpha value is -1.19. The highest BCUT2D eigenvalue weighted by Gasteiger charge is 2.09. The van der Waals surface area contributed by atoms with Crippen molar-refractivity contribution < 1.29 is 0 Å². The van der Waals surface area contributed by atoms with E-state index in [2.05, 4.69) is 47.0 Å². The molecule has 2 aromatic rings. The minimum Gasteiger partial charge on any atom is -0.307 e. The summed E-state index contributed by atoms with van der Waals surface area (Å²) in [6, 6.07) is 7.11. The van der Waals surface area contributed by atoms with Gasteiger partial charge in [-0.05, 0) is 54.3 Å². The normalized spacial score (nSPS) is 14.5. The number of rotatable bonds is 5. The van der Waals surface area contributed by atoms with Gasteiger partial charge in [0, 0.05) is 24.5 Å². The summed E-state index contributed by atoms with van der Waals surface area (Å²) in [6.45, 7) is 4.41. The average Bonchev–Trinajstić information content (AvgIpc) is 2.82. The van der Waals surface area contributed by atoms with Crippen LogP contribution in [0.25, 0.3) is 0 Å². The Labute approximate surface area is 107 Å². The van der Waals surface area contributed by atoms with E-state index in [1.807, 2.05) is 18.5 Å². The third kappa shape index (κ3) is 3.65. The minimum atomic E-state index is 0.345. The van der Waals surface area contributed by atoms with Crippen molar-refractivity contribution in [1.29, 1.82) is 0 Å². The van der Waals surface area contributed by atoms with Crippen molar-refractivity contribution in [2.24, 2.45) is 0 Å². The first-order valence-corrected chi connectivity index (χ1v) is 6.87. The van der Waals surface area contributed by atoms with E-state index in [0.717, 1.165) is 6.42 Å². The number of nitrogens with zero attached hydrogens (tertiary/aromatic N) is 1. The maximum atomic E-state index is 4.15. The lowest BCUT2D eigenvalue weighted by atomic mass is 10.1. The summed E-state index contributed by atoms with van der Waals surface area (Å²) in [5.74, 6) is 0. The number of hydrogen-bond acceptors (Lipinski definition) is 3. The van der Waals surface area contributed by atoms with E-state index in [1.165, 1.54) is 11.1 Å². The molecule has 0 aliphatic heterocycles. The van der Waals surface area contributed by atoms with Crippen LogP contribution in [0.4, 0.5) is 0 Å². The van der Waals surface area contributed by atoms with Crippen LogP contribution < -0.4 is 5.32 Å². The lowest BCUT2D eigenvalue weighted by molar-refractivity contribution is 0.477. The topological polar surface area (TPSA) is 24.9 Å². The van der Waals surface area contributed by atoms with Crippen LogP contribution in [0.3, 0.4) is 0 Å². The largest absolute Gasteiger partial charge is 0.307 e. The summed E-state index contributed by atoms with van der Waals surface area (Å²) in [5.41, 5.74) is 2.65. The van der Waals surface area contributed by atoms with Gasteiger partial charge in [0.15, 0.2) is 0 Å². The smallest absolute Gasteiger partial charge is 0.0315 e. The lowest BCUT2D eigenvalue weighted by Crippen LogP contribution is -2.30. The fourth-order valence-electron chi connectivity index (χ4n) is 1.98. The molecule has 0 spiro atoms. The number of thiophene rings is 1. The quantitative estimate of drug-likeness (QED) is 0.874. The van der Waals surface area contributed by atoms with Crippen LogP contribution in [0, 0.1) is 0 Å². The van der Waals surface area contributed by atoms with Crippen LogP contribution in [-0.2, 0) is 6.42 Å². The molecule has 2 aromatic heterocycles. The summed E-state index contributed by atoms with van der Waals surface area (Å²) in [7, 11) is 0. The van der Waals surface area contributed by atoms with Crippen LogP contribution in [0.5, 0.6) is 0 Å². The third-order valence-electron chi connectivity index (χ3n) is 2.84. The Kier molecular flexibility index (Phi) is 4.29. The van der Waals surface area contributed by atoms with Crippen molar-refractivity contribution in [2.45, 2.75) is 32.4 Å². The highest BCUT2D eigenvalue weighted by Crippen LogP contribution is 2.13. The Bertz CT molecular complexity index is 425. The molecule has 0 aliphatic carbocycles. The first-order chi connectivity index (χ1) is 8.25. The Balaban J connectivity index is 1.88. The zero-order valence-electron chi connectivity index (χ0n) is 10.3. The first-order valence-electron chi connectivity index (χ1n) is 5.93. The molecule has 2 unspecified atom stereocenters. The fourth-order valence-corrected chi connectivity index (χ4v) is 2.66. The molecule has 0 aromatic carbocycles. The molecule has 0 fully saturated rings. The molecular weight excluding hydrogens is 228 g/mol. The van der Waals surface area contributed by atoms with Crippen LogP contribution in [0.15, 0.2) is 41.4 Å². The average molecular weight is 246 g/mol. The van der Waals surface area contributed by atoms with Gasteiger partial charge in [-0.25, -0.2) is 0 Å². The van der Waals surface area contributed by atoms with Gasteiger partial charge in [0.05, 0.1) is 0 Å². The molecule has 2 nitrogen and oxygen atoms in total. The molecule has 2 rings (SSSR count). The van der Waals surface area contributed by atoms with Gasteiger partial charge in [-0.3, -0.25) is 4.98 Å². The van der Waals surface area contributed by atoms with Crippen LogP contribution in [-0.4, -0.2) is 11.0 Å². The molecule has 2 heterocycles. The van der Waals surface area contributed by atoms with E-state index < -0.39 is 0 Å². The van der Waals surface area contributed by atoms with Crippen molar-refractivity contribution in [3.05, 3.63) is 52.5 Å². The summed E-state index contributed by atoms with van der Waals surface area (Å²) in [6.07, 6.45) is 4.81. The number of nitrogens with one attached hydrogen (secondary N) is 1. The van der Waals surface area contributed by atoms with Crippen molar-refractivity contribution in [3.8, 4) is 0 Å². The monoisotopic (exact) mass is 246 g/mol. The molecule has 3 heteroatoms. The molecule has 0 saturated carbocycles. The van der Waals surface area contributed by atoms with Gasteiger partial charge in [-0.1, -0.05) is 6.07 Å². The molecule has 1 N–H and O–H groups in total. The second-order valence-corrected chi connectivity index (χ2v) is 5.19. The van der Waals surface area contributed by atoms with Crippen molar-refractivity contribution in [1.82, 2.24) is 10.3 Å². The molecule has 90 valence electrons. The molecular formula is C14H18N2S. The number of hydrogen-bond donors (Lipinski definition) is 1. The molecule has 0 bridgehead atoms. The minimum absolute atomic E-state index is 0.345. The number of pyridine rings is 1. The molecule has 0 radical (unpaired) electrons. The van der Waals surface area contributed by atoms with Crippen LogP contribution in [0.2, 0.25) is 0 Å². The SMILES string of the molecule is CC(Cc1ccsc1)NC(C)c1cccnc1. The fraction of sp³-hybridized carbons (Fsp3) is 0.357. The van der Waals surface area contributed by atoms with E-state index in [0.29, 0.717) is 12.1 Å². The predicted octanol–water partition coefficient (Wildman–Crippen LogP) is 3.42. The molecule has 0 aliphatic rings. The van der Waals surface area contributed by atoms with Crippen molar-refractivity contribution in [2.75, 3.05) is 0 Å². The molecule has 2 atom stereocenters. The maximum absolute atomic E-state index is 4.15. The van der Waals surface area contributed by atoms with E-state index >= 15 is 0 Å². The second-order valence-electron chi connectivity index (χ2n) is 4.41. The zero-order valence-corrected chi connectivity index (χ0v) is 11.1. The summed E-state index contributed by atoms with van der Waals surface area (Å²) >= 11 is 1.76. The van der Waals surface area contributed by atoms with E-state index in [9.17, 15) is 0 Å². The molecule has 17 heavy (non-hydrogen) atoms. The van der Waals surface area contributed by atoms with Gasteiger partial charge in [0.2, 0.25) is 0 Å². The van der Waals surface area contributed by atoms with Crippen LogP contribution in [0.1, 0.15) is 31.0 Å². The lowest BCUT2D eigenvalue weighted by Gasteiger charge is -2.19. The van der Waals surface area contributed by atoms with Crippen molar-refractivity contribution in [3.63, 3.8) is 0 Å². The maximum Gasteiger partial charge on any atom is 0.0315 e. The zero-order chi connectivity index (χ0) is 12.1. The summed E-state index contributed by atoms with van der Waals surface area (Å²) in [5, 5.41) is 7.95. The molecule has 0 saturated heterocycles.